The van der Waals surface area contributed by atoms with Crippen LogP contribution < -0.4 is 5.73 Å². The lowest BCUT2D eigenvalue weighted by Crippen LogP contribution is -2.35. The van der Waals surface area contributed by atoms with Crippen molar-refractivity contribution < 1.29 is 9.90 Å². The average molecular weight is 579 g/mol. The molecule has 3 N–H and O–H groups in total. The van der Waals surface area contributed by atoms with Crippen molar-refractivity contribution in [2.24, 2.45) is 5.92 Å². The minimum Gasteiger partial charge on any atom is -0.506 e. The van der Waals surface area contributed by atoms with Crippen molar-refractivity contribution >= 4 is 33.3 Å². The molecule has 8 heteroatoms. The maximum absolute atomic E-state index is 12.4. The number of phenolic OH excluding ortho intramolecular Hbond substituents is 1. The summed E-state index contributed by atoms with van der Waals surface area (Å²) in [6.07, 6.45) is 8.47. The second kappa shape index (κ2) is 11.0. The number of nitrogens with zero attached hydrogens (tertiary/aromatic N) is 4. The highest BCUT2D eigenvalue weighted by Gasteiger charge is 2.36. The minimum atomic E-state index is -0.0631. The Labute approximate surface area is 232 Å². The van der Waals surface area contributed by atoms with Gasteiger partial charge in [0.15, 0.2) is 5.94 Å². The summed E-state index contributed by atoms with van der Waals surface area (Å²) in [5.74, 6) is 3.61. The number of fused-ring (bicyclic) bond motifs is 1. The summed E-state index contributed by atoms with van der Waals surface area (Å²) in [5, 5.41) is 16.2. The van der Waals surface area contributed by atoms with E-state index in [1.165, 1.54) is 18.4 Å². The third-order valence-electron chi connectivity index (χ3n) is 8.17. The molecule has 0 spiro atoms. The lowest BCUT2D eigenvalue weighted by atomic mass is 9.90. The van der Waals surface area contributed by atoms with Crippen LogP contribution in [0, 0.1) is 5.92 Å². The quantitative estimate of drug-likeness (QED) is 0.227. The van der Waals surface area contributed by atoms with E-state index in [1.54, 1.807) is 12.3 Å². The first-order valence-corrected chi connectivity index (χ1v) is 14.5. The van der Waals surface area contributed by atoms with Crippen molar-refractivity contribution in [3.05, 3.63) is 63.1 Å². The van der Waals surface area contributed by atoms with Crippen LogP contribution in [-0.4, -0.2) is 37.3 Å². The Morgan fingerprint density at radius 3 is 2.71 bits per heavy atom. The van der Waals surface area contributed by atoms with Crippen molar-refractivity contribution in [1.29, 1.82) is 0 Å². The summed E-state index contributed by atoms with van der Waals surface area (Å²) >= 11 is 3.36. The smallest absolute Gasteiger partial charge is 0.151 e. The Bertz CT molecular complexity index is 1390. The van der Waals surface area contributed by atoms with Gasteiger partial charge in [-0.15, -0.1) is 0 Å². The number of aryl methyl sites for hydroxylation is 1. The number of anilines is 1. The van der Waals surface area contributed by atoms with Crippen LogP contribution in [0.25, 0.3) is 11.4 Å². The van der Waals surface area contributed by atoms with Crippen LogP contribution in [0.5, 0.6) is 5.75 Å². The van der Waals surface area contributed by atoms with Crippen molar-refractivity contribution in [1.82, 2.24) is 19.7 Å². The van der Waals surface area contributed by atoms with Gasteiger partial charge in [-0.2, -0.15) is 5.10 Å². The highest BCUT2D eigenvalue weighted by Crippen LogP contribution is 2.44. The molecule has 1 aliphatic carbocycles. The first-order valence-electron chi connectivity index (χ1n) is 13.7. The molecule has 0 amide bonds. The highest BCUT2D eigenvalue weighted by molar-refractivity contribution is 9.10. The molecule has 1 saturated carbocycles. The molecular weight excluding hydrogens is 542 g/mol. The molecule has 38 heavy (non-hydrogen) atoms. The molecule has 2 atom stereocenters. The normalized spacial score (nSPS) is 17.7. The summed E-state index contributed by atoms with van der Waals surface area (Å²) in [5.41, 5.74) is 13.0. The Kier molecular flexibility index (Phi) is 7.64. The third-order valence-corrected chi connectivity index (χ3v) is 8.61. The summed E-state index contributed by atoms with van der Waals surface area (Å²) in [4.78, 5) is 18.8. The van der Waals surface area contributed by atoms with Crippen LogP contribution in [0.2, 0.25) is 0 Å². The van der Waals surface area contributed by atoms with Crippen LogP contribution in [-0.2, 0) is 17.6 Å². The van der Waals surface area contributed by atoms with Gasteiger partial charge in [0.2, 0.25) is 0 Å². The molecule has 2 aliphatic rings. The number of rotatable bonds is 9. The van der Waals surface area contributed by atoms with E-state index in [2.05, 4.69) is 58.6 Å². The molecule has 0 radical (unpaired) electrons. The summed E-state index contributed by atoms with van der Waals surface area (Å²) in [6.45, 7) is 7.23. The lowest BCUT2D eigenvalue weighted by molar-refractivity contribution is 0.272. The van der Waals surface area contributed by atoms with Gasteiger partial charge in [0.1, 0.15) is 21.7 Å². The first kappa shape index (κ1) is 26.5. The molecule has 1 aliphatic heterocycles. The maximum atomic E-state index is 12.4. The first-order chi connectivity index (χ1) is 18.4. The molecule has 1 fully saturated rings. The van der Waals surface area contributed by atoms with E-state index in [4.69, 9.17) is 10.8 Å². The molecule has 3 heterocycles. The van der Waals surface area contributed by atoms with Gasteiger partial charge in [-0.3, -0.25) is 0 Å². The van der Waals surface area contributed by atoms with Gasteiger partial charge in [0.25, 0.3) is 0 Å². The standard InChI is InChI=1S/C30H36BrN5O2/c1-4-18(3)6-10-23-30-24(5-2)35(27(17-37)21-16-33-29(31)15-22(21)32)13-12-26(30)36(34-23)25-11-9-20(14-28(25)38)19-7-8-19/h9,11,14-16,18-19,24,38H,4-8,10,12-13H2,1-3H3,(H2,32,33). The topological polar surface area (TPSA) is 97.3 Å². The third kappa shape index (κ3) is 4.99. The van der Waals surface area contributed by atoms with Crippen LogP contribution in [0.3, 0.4) is 0 Å². The number of hydrogen-bond donors (Lipinski definition) is 2. The zero-order valence-electron chi connectivity index (χ0n) is 22.4. The predicted molar refractivity (Wildman–Crippen MR) is 154 cm³/mol. The van der Waals surface area contributed by atoms with E-state index in [9.17, 15) is 9.90 Å². The zero-order valence-corrected chi connectivity index (χ0v) is 24.0. The number of aromatic hydroxyl groups is 1. The van der Waals surface area contributed by atoms with Crippen molar-refractivity contribution in [2.75, 3.05) is 12.3 Å². The molecule has 7 nitrogen and oxygen atoms in total. The Morgan fingerprint density at radius 2 is 2.08 bits per heavy atom. The molecular formula is C30H36BrN5O2. The number of hydrogen-bond acceptors (Lipinski definition) is 6. The number of aromatic nitrogens is 3. The van der Waals surface area contributed by atoms with Crippen LogP contribution in [0.15, 0.2) is 35.1 Å². The van der Waals surface area contributed by atoms with E-state index >= 15 is 0 Å². The Hall–Kier alpha value is -3.09. The Balaban J connectivity index is 1.59. The molecule has 0 saturated heterocycles. The summed E-state index contributed by atoms with van der Waals surface area (Å²) < 4.78 is 2.57. The lowest BCUT2D eigenvalue weighted by Gasteiger charge is -2.38. The molecule has 5 rings (SSSR count). The molecule has 1 aromatic carbocycles. The average Bonchev–Trinajstić information content (AvgIpc) is 3.70. The molecule has 3 aromatic rings. The van der Waals surface area contributed by atoms with Gasteiger partial charge in [0.05, 0.1) is 23.0 Å². The number of carbonyl (C=O) groups excluding carboxylic acids is 1. The van der Waals surface area contributed by atoms with Crippen LogP contribution in [0.4, 0.5) is 5.69 Å². The van der Waals surface area contributed by atoms with Crippen molar-refractivity contribution in [3.63, 3.8) is 0 Å². The van der Waals surface area contributed by atoms with Crippen molar-refractivity contribution in [3.8, 4) is 11.4 Å². The van der Waals surface area contributed by atoms with Gasteiger partial charge in [0, 0.05) is 30.4 Å². The second-order valence-electron chi connectivity index (χ2n) is 10.7. The van der Waals surface area contributed by atoms with E-state index in [0.717, 1.165) is 48.3 Å². The van der Waals surface area contributed by atoms with Gasteiger partial charge >= 0.3 is 0 Å². The summed E-state index contributed by atoms with van der Waals surface area (Å²) in [7, 11) is 0. The number of pyridine rings is 1. The fourth-order valence-corrected chi connectivity index (χ4v) is 5.99. The molecule has 2 aromatic heterocycles. The van der Waals surface area contributed by atoms with E-state index in [-0.39, 0.29) is 11.8 Å². The van der Waals surface area contributed by atoms with Crippen molar-refractivity contribution in [2.45, 2.75) is 77.7 Å². The fourth-order valence-electron chi connectivity index (χ4n) is 5.64. The van der Waals surface area contributed by atoms with Gasteiger partial charge in [-0.25, -0.2) is 14.5 Å². The fraction of sp³-hybridized carbons (Fsp3) is 0.467. The second-order valence-corrected chi connectivity index (χ2v) is 11.5. The van der Waals surface area contributed by atoms with Gasteiger partial charge < -0.3 is 15.7 Å². The molecule has 200 valence electrons. The zero-order chi connectivity index (χ0) is 27.0. The monoisotopic (exact) mass is 577 g/mol. The van der Waals surface area contributed by atoms with Crippen LogP contribution in [0.1, 0.15) is 92.9 Å². The predicted octanol–water partition coefficient (Wildman–Crippen LogP) is 6.36. The van der Waals surface area contributed by atoms with E-state index in [0.29, 0.717) is 46.4 Å². The number of phenols is 1. The van der Waals surface area contributed by atoms with Crippen LogP contribution >= 0.6 is 15.9 Å². The number of benzene rings is 1. The molecule has 0 bridgehead atoms. The molecule has 2 unspecified atom stereocenters. The number of nitrogens with two attached hydrogens (primary N) is 1. The number of halogens is 1. The summed E-state index contributed by atoms with van der Waals surface area (Å²) in [6, 6.07) is 7.69. The highest BCUT2D eigenvalue weighted by atomic mass is 79.9. The van der Waals surface area contributed by atoms with Gasteiger partial charge in [-0.1, -0.05) is 33.3 Å². The number of nitrogen functional groups attached to an aromatic ring is 1. The van der Waals surface area contributed by atoms with E-state index in [1.807, 2.05) is 16.8 Å². The SMILES string of the molecule is CCC(C)CCc1nn(-c2ccc(C3CC3)cc2O)c2c1C(CC)N(C(=C=O)c1cnc(Br)cc1N)CC2. The van der Waals surface area contributed by atoms with Gasteiger partial charge in [-0.05, 0) is 83.6 Å². The van der Waals surface area contributed by atoms with E-state index < -0.39 is 0 Å². The maximum Gasteiger partial charge on any atom is 0.151 e. The minimum absolute atomic E-state index is 0.0631. The largest absolute Gasteiger partial charge is 0.506 e. The Morgan fingerprint density at radius 1 is 1.29 bits per heavy atom.